The zero-order chi connectivity index (χ0) is 26.5. The van der Waals surface area contributed by atoms with Gasteiger partial charge in [-0.1, -0.05) is 29.3 Å². The molecule has 11 heteroatoms. The Labute approximate surface area is 223 Å². The SMILES string of the molecule is CN1CCCC1(C)C(=O)N1CCN(C(=O)c2cc(Cc3c[nH]c(=O)c4cc(Cl)c(Cl)n34)ccc2F)CC1. The number of amides is 2. The molecule has 0 saturated carbocycles. The molecule has 0 bridgehead atoms. The number of hydrogen-bond acceptors (Lipinski definition) is 4. The van der Waals surface area contributed by atoms with Crippen molar-refractivity contribution in [3.8, 4) is 0 Å². The van der Waals surface area contributed by atoms with Crippen molar-refractivity contribution < 1.29 is 14.0 Å². The summed E-state index contributed by atoms with van der Waals surface area (Å²) in [7, 11) is 1.97. The van der Waals surface area contributed by atoms with Gasteiger partial charge in [-0.15, -0.1) is 0 Å². The number of piperazine rings is 1. The second-order valence-corrected chi connectivity index (χ2v) is 10.8. The standard InChI is InChI=1S/C26H28Cl2FN5O3/c1-26(6-3-7-31(26)2)25(37)33-10-8-32(9-11-33)24(36)18-13-16(4-5-20(18)29)12-17-15-30-23(35)21-14-19(27)22(28)34(17)21/h4-5,13-15H,3,6-12H2,1-2H3,(H,30,35). The molecule has 2 amide bonds. The molecule has 0 radical (unpaired) electrons. The van der Waals surface area contributed by atoms with Crippen molar-refractivity contribution in [1.29, 1.82) is 0 Å². The van der Waals surface area contributed by atoms with Gasteiger partial charge in [-0.3, -0.25) is 23.7 Å². The number of aromatic nitrogens is 2. The van der Waals surface area contributed by atoms with E-state index >= 15 is 0 Å². The van der Waals surface area contributed by atoms with Crippen molar-refractivity contribution in [2.75, 3.05) is 39.8 Å². The van der Waals surface area contributed by atoms with Gasteiger partial charge in [-0.05, 0) is 57.1 Å². The Morgan fingerprint density at radius 3 is 2.46 bits per heavy atom. The number of likely N-dealkylation sites (N-methyl/N-ethyl adjacent to an activating group) is 1. The number of rotatable bonds is 4. The van der Waals surface area contributed by atoms with E-state index in [0.717, 1.165) is 19.4 Å². The van der Waals surface area contributed by atoms with Crippen LogP contribution in [0.3, 0.4) is 0 Å². The highest BCUT2D eigenvalue weighted by molar-refractivity contribution is 6.42. The number of aromatic amines is 1. The van der Waals surface area contributed by atoms with Gasteiger partial charge < -0.3 is 14.8 Å². The molecule has 196 valence electrons. The lowest BCUT2D eigenvalue weighted by molar-refractivity contribution is -0.142. The number of nitrogens with zero attached hydrogens (tertiary/aromatic N) is 4. The maximum absolute atomic E-state index is 14.8. The fourth-order valence-corrected chi connectivity index (χ4v) is 5.81. The normalized spacial score (nSPS) is 20.7. The number of H-pyrrole nitrogens is 1. The minimum Gasteiger partial charge on any atom is -0.338 e. The molecule has 1 aromatic carbocycles. The number of hydrogen-bond donors (Lipinski definition) is 1. The van der Waals surface area contributed by atoms with E-state index in [1.54, 1.807) is 15.4 Å². The highest BCUT2D eigenvalue weighted by Crippen LogP contribution is 2.30. The fourth-order valence-electron chi connectivity index (χ4n) is 5.37. The molecule has 37 heavy (non-hydrogen) atoms. The zero-order valence-electron chi connectivity index (χ0n) is 20.7. The molecule has 3 aromatic rings. The molecule has 2 fully saturated rings. The van der Waals surface area contributed by atoms with Crippen LogP contribution in [0.4, 0.5) is 4.39 Å². The van der Waals surface area contributed by atoms with Crippen LogP contribution < -0.4 is 5.56 Å². The molecular formula is C26H28Cl2FN5O3. The zero-order valence-corrected chi connectivity index (χ0v) is 22.2. The van der Waals surface area contributed by atoms with Gasteiger partial charge in [0.2, 0.25) is 5.91 Å². The highest BCUT2D eigenvalue weighted by atomic mass is 35.5. The lowest BCUT2D eigenvalue weighted by Gasteiger charge is -2.40. The molecule has 2 saturated heterocycles. The second kappa shape index (κ2) is 9.78. The summed E-state index contributed by atoms with van der Waals surface area (Å²) in [4.78, 5) is 46.8. The number of fused-ring (bicyclic) bond motifs is 1. The highest BCUT2D eigenvalue weighted by Gasteiger charge is 2.44. The maximum Gasteiger partial charge on any atom is 0.272 e. The number of carbonyl (C=O) groups excluding carboxylic acids is 2. The van der Waals surface area contributed by atoms with Crippen LogP contribution in [0.2, 0.25) is 10.2 Å². The summed E-state index contributed by atoms with van der Waals surface area (Å²) >= 11 is 12.4. The smallest absolute Gasteiger partial charge is 0.272 e. The predicted molar refractivity (Wildman–Crippen MR) is 140 cm³/mol. The van der Waals surface area contributed by atoms with E-state index in [9.17, 15) is 18.8 Å². The van der Waals surface area contributed by atoms with E-state index < -0.39 is 17.3 Å². The second-order valence-electron chi connectivity index (χ2n) is 9.99. The third kappa shape index (κ3) is 4.53. The first kappa shape index (κ1) is 25.8. The molecule has 2 aliphatic rings. The van der Waals surface area contributed by atoms with Crippen molar-refractivity contribution in [3.63, 3.8) is 0 Å². The van der Waals surface area contributed by atoms with Crippen molar-refractivity contribution in [1.82, 2.24) is 24.1 Å². The number of nitrogens with one attached hydrogen (secondary N) is 1. The summed E-state index contributed by atoms with van der Waals surface area (Å²) in [6, 6.07) is 5.88. The first-order valence-electron chi connectivity index (χ1n) is 12.3. The molecule has 4 heterocycles. The number of carbonyl (C=O) groups is 2. The summed E-state index contributed by atoms with van der Waals surface area (Å²) in [6.45, 7) is 4.38. The van der Waals surface area contributed by atoms with E-state index in [0.29, 0.717) is 43.0 Å². The average molecular weight is 548 g/mol. The topological polar surface area (TPSA) is 81.1 Å². The first-order chi connectivity index (χ1) is 17.6. The van der Waals surface area contributed by atoms with Crippen molar-refractivity contribution in [3.05, 3.63) is 73.6 Å². The van der Waals surface area contributed by atoms with Crippen LogP contribution in [0.1, 0.15) is 41.4 Å². The van der Waals surface area contributed by atoms with Gasteiger partial charge in [0.1, 0.15) is 16.5 Å². The number of likely N-dealkylation sites (tertiary alicyclic amines) is 1. The van der Waals surface area contributed by atoms with E-state index in [1.165, 1.54) is 24.4 Å². The Morgan fingerprint density at radius 1 is 1.08 bits per heavy atom. The monoisotopic (exact) mass is 547 g/mol. The Balaban J connectivity index is 1.32. The van der Waals surface area contributed by atoms with Crippen molar-refractivity contribution >= 4 is 40.5 Å². The summed E-state index contributed by atoms with van der Waals surface area (Å²) in [6.07, 6.45) is 3.62. The Bertz CT molecular complexity index is 1450. The molecule has 0 aliphatic carbocycles. The summed E-state index contributed by atoms with van der Waals surface area (Å²) in [5.41, 5.74) is 0.734. The van der Waals surface area contributed by atoms with Crippen LogP contribution in [0, 0.1) is 5.82 Å². The van der Waals surface area contributed by atoms with Crippen LogP contribution in [0.5, 0.6) is 0 Å². The van der Waals surface area contributed by atoms with E-state index in [1.807, 2.05) is 18.9 Å². The molecule has 2 aromatic heterocycles. The van der Waals surface area contributed by atoms with Crippen LogP contribution in [0.15, 0.2) is 35.3 Å². The van der Waals surface area contributed by atoms with Crippen LogP contribution in [0.25, 0.3) is 5.52 Å². The van der Waals surface area contributed by atoms with Crippen LogP contribution in [-0.4, -0.2) is 81.2 Å². The fraction of sp³-hybridized carbons (Fsp3) is 0.423. The molecule has 1 N–H and O–H groups in total. The quantitative estimate of drug-likeness (QED) is 0.542. The Hall–Kier alpha value is -2.88. The van der Waals surface area contributed by atoms with E-state index in [2.05, 4.69) is 9.88 Å². The summed E-state index contributed by atoms with van der Waals surface area (Å²) < 4.78 is 16.3. The third-order valence-electron chi connectivity index (χ3n) is 7.75. The third-order valence-corrected chi connectivity index (χ3v) is 8.51. The lowest BCUT2D eigenvalue weighted by Crippen LogP contribution is -2.58. The van der Waals surface area contributed by atoms with Crippen molar-refractivity contribution in [2.24, 2.45) is 0 Å². The maximum atomic E-state index is 14.8. The molecule has 8 nitrogen and oxygen atoms in total. The van der Waals surface area contributed by atoms with Gasteiger partial charge in [-0.25, -0.2) is 4.39 Å². The minimum absolute atomic E-state index is 0.0305. The average Bonchev–Trinajstić information content (AvgIpc) is 3.40. The lowest BCUT2D eigenvalue weighted by atomic mass is 9.96. The van der Waals surface area contributed by atoms with Gasteiger partial charge in [0.25, 0.3) is 11.5 Å². The largest absolute Gasteiger partial charge is 0.338 e. The molecule has 2 aliphatic heterocycles. The number of benzene rings is 1. The molecule has 1 atom stereocenters. The van der Waals surface area contributed by atoms with Gasteiger partial charge in [0.05, 0.1) is 16.1 Å². The molecule has 5 rings (SSSR count). The van der Waals surface area contributed by atoms with Crippen LogP contribution >= 0.6 is 23.2 Å². The van der Waals surface area contributed by atoms with Crippen LogP contribution in [-0.2, 0) is 11.2 Å². The van der Waals surface area contributed by atoms with E-state index in [-0.39, 0.29) is 33.6 Å². The molecular weight excluding hydrogens is 520 g/mol. The van der Waals surface area contributed by atoms with Gasteiger partial charge in [0, 0.05) is 44.5 Å². The number of halogens is 3. The summed E-state index contributed by atoms with van der Waals surface area (Å²) in [5, 5.41) is 0.460. The minimum atomic E-state index is -0.610. The van der Waals surface area contributed by atoms with E-state index in [4.69, 9.17) is 23.2 Å². The Kier molecular flexibility index (Phi) is 6.81. The van der Waals surface area contributed by atoms with Gasteiger partial charge in [-0.2, -0.15) is 0 Å². The van der Waals surface area contributed by atoms with Gasteiger partial charge in [0.15, 0.2) is 0 Å². The molecule has 0 spiro atoms. The predicted octanol–water partition coefficient (Wildman–Crippen LogP) is 3.43. The first-order valence-corrected chi connectivity index (χ1v) is 13.0. The molecule has 1 unspecified atom stereocenters. The van der Waals surface area contributed by atoms with Crippen molar-refractivity contribution in [2.45, 2.75) is 31.7 Å². The van der Waals surface area contributed by atoms with Gasteiger partial charge >= 0.3 is 0 Å². The summed E-state index contributed by atoms with van der Waals surface area (Å²) in [5.74, 6) is -0.936. The Morgan fingerprint density at radius 2 is 1.78 bits per heavy atom.